The summed E-state index contributed by atoms with van der Waals surface area (Å²) in [5, 5.41) is 9.58. The van der Waals surface area contributed by atoms with Crippen molar-refractivity contribution in [1.29, 1.82) is 0 Å². The lowest BCUT2D eigenvalue weighted by atomic mass is 9.99. The second kappa shape index (κ2) is 11.2. The number of nitrogens with one attached hydrogen (secondary N) is 3. The van der Waals surface area contributed by atoms with Crippen LogP contribution in [0.25, 0.3) is 0 Å². The minimum atomic E-state index is 0. The van der Waals surface area contributed by atoms with E-state index in [4.69, 9.17) is 4.99 Å². The monoisotopic (exact) mass is 465 g/mol. The van der Waals surface area contributed by atoms with Crippen LogP contribution in [0.15, 0.2) is 4.99 Å². The first-order valence-corrected chi connectivity index (χ1v) is 9.58. The summed E-state index contributed by atoms with van der Waals surface area (Å²) in [4.78, 5) is 18.9. The van der Waals surface area contributed by atoms with Gasteiger partial charge in [-0.05, 0) is 59.5 Å². The zero-order valence-corrected chi connectivity index (χ0v) is 18.4. The minimum absolute atomic E-state index is 0. The van der Waals surface area contributed by atoms with Crippen LogP contribution >= 0.6 is 24.0 Å². The lowest BCUT2D eigenvalue weighted by Gasteiger charge is -2.40. The average Bonchev–Trinajstić information content (AvgIpc) is 3.42. The van der Waals surface area contributed by atoms with E-state index in [0.717, 1.165) is 31.9 Å². The molecule has 2 aliphatic rings. The molecule has 1 saturated carbocycles. The molecule has 7 heteroatoms. The third-order valence-corrected chi connectivity index (χ3v) is 4.85. The molecule has 0 aromatic heterocycles. The molecule has 3 N–H and O–H groups in total. The van der Waals surface area contributed by atoms with Gasteiger partial charge in [0, 0.05) is 31.1 Å². The van der Waals surface area contributed by atoms with Gasteiger partial charge in [0.25, 0.3) is 0 Å². The van der Waals surface area contributed by atoms with Crippen LogP contribution in [0.3, 0.4) is 0 Å². The number of halogens is 1. The summed E-state index contributed by atoms with van der Waals surface area (Å²) >= 11 is 0. The van der Waals surface area contributed by atoms with E-state index in [1.165, 1.54) is 32.4 Å². The molecule has 6 nitrogen and oxygen atoms in total. The van der Waals surface area contributed by atoms with Crippen molar-refractivity contribution in [2.45, 2.75) is 58.4 Å². The summed E-state index contributed by atoms with van der Waals surface area (Å²) in [5.41, 5.74) is 0.0863. The third-order valence-electron chi connectivity index (χ3n) is 4.85. The Morgan fingerprint density at radius 1 is 1.08 bits per heavy atom. The Labute approximate surface area is 170 Å². The standard InChI is InChI=1S/C18H35N5O.HI/c1-4-19-17(21-11-10-20-16(24)15-8-9-15)22-14-18(2,3)23-12-6-5-7-13-23;/h15H,4-14H2,1-3H3,(H,20,24)(H2,19,21,22);1H. The van der Waals surface area contributed by atoms with E-state index in [2.05, 4.69) is 41.6 Å². The molecular weight excluding hydrogens is 429 g/mol. The quantitative estimate of drug-likeness (QED) is 0.222. The van der Waals surface area contributed by atoms with E-state index in [1.54, 1.807) is 0 Å². The lowest BCUT2D eigenvalue weighted by molar-refractivity contribution is -0.122. The van der Waals surface area contributed by atoms with Crippen molar-refractivity contribution in [1.82, 2.24) is 20.9 Å². The van der Waals surface area contributed by atoms with E-state index in [1.807, 2.05) is 0 Å². The van der Waals surface area contributed by atoms with Gasteiger partial charge >= 0.3 is 0 Å². The van der Waals surface area contributed by atoms with Crippen LogP contribution < -0.4 is 16.0 Å². The molecule has 0 unspecified atom stereocenters. The molecule has 0 radical (unpaired) electrons. The van der Waals surface area contributed by atoms with Crippen LogP contribution in [-0.2, 0) is 4.79 Å². The van der Waals surface area contributed by atoms with E-state index in [9.17, 15) is 4.79 Å². The van der Waals surface area contributed by atoms with E-state index in [0.29, 0.717) is 13.1 Å². The largest absolute Gasteiger partial charge is 0.357 e. The van der Waals surface area contributed by atoms with Crippen molar-refractivity contribution in [3.05, 3.63) is 0 Å². The average molecular weight is 465 g/mol. The van der Waals surface area contributed by atoms with Gasteiger partial charge in [-0.25, -0.2) is 0 Å². The smallest absolute Gasteiger partial charge is 0.223 e. The molecule has 1 saturated heterocycles. The van der Waals surface area contributed by atoms with Gasteiger partial charge in [0.05, 0.1) is 6.54 Å². The number of likely N-dealkylation sites (tertiary alicyclic amines) is 1. The highest BCUT2D eigenvalue weighted by molar-refractivity contribution is 14.0. The molecule has 0 bridgehead atoms. The number of nitrogens with zero attached hydrogens (tertiary/aromatic N) is 2. The topological polar surface area (TPSA) is 68.8 Å². The predicted octanol–water partition coefficient (Wildman–Crippen LogP) is 1.95. The van der Waals surface area contributed by atoms with Gasteiger partial charge in [-0.3, -0.25) is 14.7 Å². The summed E-state index contributed by atoms with van der Waals surface area (Å²) in [5.74, 6) is 1.31. The number of guanidine groups is 1. The van der Waals surface area contributed by atoms with Crippen molar-refractivity contribution in [2.75, 3.05) is 39.3 Å². The number of aliphatic imine (C=N–C) groups is 1. The van der Waals surface area contributed by atoms with Crippen LogP contribution in [0, 0.1) is 5.92 Å². The molecule has 146 valence electrons. The summed E-state index contributed by atoms with van der Waals surface area (Å²) in [6, 6.07) is 0. The molecular formula is C18H36IN5O. The first kappa shape index (κ1) is 22.5. The van der Waals surface area contributed by atoms with Crippen molar-refractivity contribution >= 4 is 35.8 Å². The zero-order valence-electron chi connectivity index (χ0n) is 16.1. The molecule has 25 heavy (non-hydrogen) atoms. The number of rotatable bonds is 8. The molecule has 1 aliphatic carbocycles. The number of amides is 1. The Bertz CT molecular complexity index is 431. The van der Waals surface area contributed by atoms with Crippen LogP contribution in [0.2, 0.25) is 0 Å². The summed E-state index contributed by atoms with van der Waals surface area (Å²) in [6.45, 7) is 12.0. The van der Waals surface area contributed by atoms with Gasteiger partial charge in [-0.2, -0.15) is 0 Å². The predicted molar refractivity (Wildman–Crippen MR) is 115 cm³/mol. The number of hydrogen-bond donors (Lipinski definition) is 3. The molecule has 0 spiro atoms. The second-order valence-corrected chi connectivity index (χ2v) is 7.55. The first-order valence-electron chi connectivity index (χ1n) is 9.58. The van der Waals surface area contributed by atoms with Gasteiger partial charge in [-0.15, -0.1) is 24.0 Å². The zero-order chi connectivity index (χ0) is 17.4. The number of carbonyl (C=O) groups is 1. The molecule has 0 aromatic rings. The second-order valence-electron chi connectivity index (χ2n) is 7.55. The van der Waals surface area contributed by atoms with Crippen LogP contribution in [0.5, 0.6) is 0 Å². The SMILES string of the molecule is CCNC(=NCC(C)(C)N1CCCCC1)NCCNC(=O)C1CC1.I. The summed E-state index contributed by atoms with van der Waals surface area (Å²) in [6.07, 6.45) is 6.05. The minimum Gasteiger partial charge on any atom is -0.357 e. The molecule has 1 amide bonds. The third kappa shape index (κ3) is 8.11. The van der Waals surface area contributed by atoms with Crippen LogP contribution in [0.1, 0.15) is 52.9 Å². The van der Waals surface area contributed by atoms with Crippen molar-refractivity contribution < 1.29 is 4.79 Å². The maximum Gasteiger partial charge on any atom is 0.223 e. The van der Waals surface area contributed by atoms with Gasteiger partial charge < -0.3 is 16.0 Å². The summed E-state index contributed by atoms with van der Waals surface area (Å²) < 4.78 is 0. The van der Waals surface area contributed by atoms with E-state index in [-0.39, 0.29) is 41.3 Å². The highest BCUT2D eigenvalue weighted by atomic mass is 127. The van der Waals surface area contributed by atoms with Gasteiger partial charge in [-0.1, -0.05) is 6.42 Å². The van der Waals surface area contributed by atoms with Crippen molar-refractivity contribution in [3.63, 3.8) is 0 Å². The molecule has 0 aromatic carbocycles. The number of piperidine rings is 1. The number of carbonyl (C=O) groups excluding carboxylic acids is 1. The molecule has 0 atom stereocenters. The molecule has 2 fully saturated rings. The van der Waals surface area contributed by atoms with Crippen molar-refractivity contribution in [3.8, 4) is 0 Å². The van der Waals surface area contributed by atoms with Gasteiger partial charge in [0.1, 0.15) is 0 Å². The highest BCUT2D eigenvalue weighted by Gasteiger charge is 2.29. The highest BCUT2D eigenvalue weighted by Crippen LogP contribution is 2.28. The molecule has 1 aliphatic heterocycles. The fourth-order valence-electron chi connectivity index (χ4n) is 3.07. The first-order chi connectivity index (χ1) is 11.5. The normalized spacial score (nSPS) is 19.1. The maximum absolute atomic E-state index is 11.6. The Morgan fingerprint density at radius 3 is 2.32 bits per heavy atom. The Morgan fingerprint density at radius 2 is 1.72 bits per heavy atom. The lowest BCUT2D eigenvalue weighted by Crippen LogP contribution is -2.50. The number of hydrogen-bond acceptors (Lipinski definition) is 3. The van der Waals surface area contributed by atoms with E-state index < -0.39 is 0 Å². The molecule has 2 rings (SSSR count). The Balaban J connectivity index is 0.00000312. The van der Waals surface area contributed by atoms with Gasteiger partial charge in [0.2, 0.25) is 5.91 Å². The Kier molecular flexibility index (Phi) is 10.1. The fraction of sp³-hybridized carbons (Fsp3) is 0.889. The van der Waals surface area contributed by atoms with Gasteiger partial charge in [0.15, 0.2) is 5.96 Å². The van der Waals surface area contributed by atoms with E-state index >= 15 is 0 Å². The summed E-state index contributed by atoms with van der Waals surface area (Å²) in [7, 11) is 0. The van der Waals surface area contributed by atoms with Crippen LogP contribution in [0.4, 0.5) is 0 Å². The fourth-order valence-corrected chi connectivity index (χ4v) is 3.07. The van der Waals surface area contributed by atoms with Crippen molar-refractivity contribution in [2.24, 2.45) is 10.9 Å². The van der Waals surface area contributed by atoms with Crippen LogP contribution in [-0.4, -0.2) is 61.6 Å². The Hall–Kier alpha value is -0.570. The maximum atomic E-state index is 11.6. The molecule has 1 heterocycles.